The van der Waals surface area contributed by atoms with Gasteiger partial charge in [0, 0.05) is 5.38 Å². The van der Waals surface area contributed by atoms with Crippen LogP contribution in [-0.4, -0.2) is 21.7 Å². The summed E-state index contributed by atoms with van der Waals surface area (Å²) in [6.07, 6.45) is 4.40. The van der Waals surface area contributed by atoms with E-state index >= 15 is 0 Å². The molecule has 1 fully saturated rings. The van der Waals surface area contributed by atoms with Crippen LogP contribution in [0.15, 0.2) is 5.38 Å². The van der Waals surface area contributed by atoms with Gasteiger partial charge in [-0.15, -0.1) is 5.10 Å². The molecule has 4 nitrogen and oxygen atoms in total. The summed E-state index contributed by atoms with van der Waals surface area (Å²) in [6, 6.07) is 0. The van der Waals surface area contributed by atoms with Gasteiger partial charge in [-0.05, 0) is 37.2 Å². The molecule has 1 aliphatic rings. The molecule has 2 rings (SSSR count). The lowest BCUT2D eigenvalue weighted by Crippen LogP contribution is -2.14. The minimum Gasteiger partial charge on any atom is -0.458 e. The topological polar surface area (TPSA) is 52.1 Å². The predicted molar refractivity (Wildman–Crippen MR) is 47.6 cm³/mol. The van der Waals surface area contributed by atoms with Crippen LogP contribution in [0.4, 0.5) is 0 Å². The lowest BCUT2D eigenvalue weighted by atomic mass is 10.3. The number of rotatable bonds is 2. The van der Waals surface area contributed by atoms with E-state index in [1.807, 2.05) is 0 Å². The van der Waals surface area contributed by atoms with E-state index in [1.165, 1.54) is 0 Å². The largest absolute Gasteiger partial charge is 0.458 e. The highest BCUT2D eigenvalue weighted by Crippen LogP contribution is 2.21. The van der Waals surface area contributed by atoms with Crippen molar-refractivity contribution in [2.24, 2.45) is 0 Å². The maximum Gasteiger partial charge on any atom is 0.360 e. The van der Waals surface area contributed by atoms with Gasteiger partial charge in [0.15, 0.2) is 5.69 Å². The van der Waals surface area contributed by atoms with Crippen molar-refractivity contribution in [1.82, 2.24) is 9.59 Å². The first-order valence-corrected chi connectivity index (χ1v) is 5.18. The molecule has 1 heterocycles. The van der Waals surface area contributed by atoms with Gasteiger partial charge in [0.25, 0.3) is 0 Å². The molecule has 0 unspecified atom stereocenters. The Morgan fingerprint density at radius 3 is 2.92 bits per heavy atom. The molecule has 0 amide bonds. The number of esters is 1. The van der Waals surface area contributed by atoms with Crippen molar-refractivity contribution in [2.75, 3.05) is 0 Å². The third-order valence-electron chi connectivity index (χ3n) is 2.15. The monoisotopic (exact) mass is 198 g/mol. The first kappa shape index (κ1) is 8.62. The van der Waals surface area contributed by atoms with E-state index in [0.717, 1.165) is 37.2 Å². The van der Waals surface area contributed by atoms with E-state index in [0.29, 0.717) is 5.69 Å². The van der Waals surface area contributed by atoms with Crippen molar-refractivity contribution in [1.29, 1.82) is 0 Å². The average Bonchev–Trinajstić information content (AvgIpc) is 2.74. The second kappa shape index (κ2) is 3.83. The molecular formula is C8H10N2O2S. The molecule has 0 aliphatic heterocycles. The number of aromatic nitrogens is 2. The van der Waals surface area contributed by atoms with Crippen molar-refractivity contribution in [3.05, 3.63) is 11.1 Å². The van der Waals surface area contributed by atoms with Crippen molar-refractivity contribution >= 4 is 17.5 Å². The number of nitrogens with zero attached hydrogens (tertiary/aromatic N) is 2. The summed E-state index contributed by atoms with van der Waals surface area (Å²) < 4.78 is 8.83. The fourth-order valence-corrected chi connectivity index (χ4v) is 1.90. The van der Waals surface area contributed by atoms with Crippen LogP contribution in [0.25, 0.3) is 0 Å². The maximum atomic E-state index is 11.3. The zero-order chi connectivity index (χ0) is 9.10. The van der Waals surface area contributed by atoms with Crippen LogP contribution < -0.4 is 0 Å². The highest BCUT2D eigenvalue weighted by atomic mass is 32.1. The summed E-state index contributed by atoms with van der Waals surface area (Å²) in [5.41, 5.74) is 0.330. The Labute approximate surface area is 80.1 Å². The zero-order valence-corrected chi connectivity index (χ0v) is 7.92. The van der Waals surface area contributed by atoms with Crippen LogP contribution in [0, 0.1) is 0 Å². The lowest BCUT2D eigenvalue weighted by Gasteiger charge is -2.08. The molecule has 0 N–H and O–H groups in total. The minimum atomic E-state index is -0.333. The van der Waals surface area contributed by atoms with Crippen LogP contribution in [0.1, 0.15) is 36.2 Å². The van der Waals surface area contributed by atoms with E-state index in [1.54, 1.807) is 5.38 Å². The molecule has 5 heteroatoms. The van der Waals surface area contributed by atoms with Gasteiger partial charge in [-0.2, -0.15) is 0 Å². The van der Waals surface area contributed by atoms with Gasteiger partial charge < -0.3 is 4.74 Å². The van der Waals surface area contributed by atoms with Crippen LogP contribution >= 0.6 is 11.5 Å². The molecule has 1 saturated carbocycles. The molecule has 1 aromatic heterocycles. The second-order valence-corrected chi connectivity index (χ2v) is 3.71. The van der Waals surface area contributed by atoms with Crippen LogP contribution in [-0.2, 0) is 4.74 Å². The number of ether oxygens (including phenoxy) is 1. The molecule has 0 aromatic carbocycles. The highest BCUT2D eigenvalue weighted by Gasteiger charge is 2.21. The van der Waals surface area contributed by atoms with E-state index in [2.05, 4.69) is 9.59 Å². The van der Waals surface area contributed by atoms with Gasteiger partial charge in [-0.3, -0.25) is 0 Å². The summed E-state index contributed by atoms with van der Waals surface area (Å²) in [4.78, 5) is 11.3. The van der Waals surface area contributed by atoms with Gasteiger partial charge >= 0.3 is 5.97 Å². The third kappa shape index (κ3) is 2.03. The van der Waals surface area contributed by atoms with Crippen molar-refractivity contribution in [2.45, 2.75) is 31.8 Å². The standard InChI is InChI=1S/C8H10N2O2S/c11-8(7-5-13-10-9-7)12-6-3-1-2-4-6/h5-6H,1-4H2. The van der Waals surface area contributed by atoms with Crippen molar-refractivity contribution < 1.29 is 9.53 Å². The van der Waals surface area contributed by atoms with E-state index in [4.69, 9.17) is 4.74 Å². The van der Waals surface area contributed by atoms with Gasteiger partial charge in [0.2, 0.25) is 0 Å². The average molecular weight is 198 g/mol. The summed E-state index contributed by atoms with van der Waals surface area (Å²) >= 11 is 1.16. The Bertz CT molecular complexity index is 280. The minimum absolute atomic E-state index is 0.106. The molecule has 0 saturated heterocycles. The van der Waals surface area contributed by atoms with Crippen LogP contribution in [0.5, 0.6) is 0 Å². The zero-order valence-electron chi connectivity index (χ0n) is 7.10. The van der Waals surface area contributed by atoms with E-state index < -0.39 is 0 Å². The predicted octanol–water partition coefficient (Wildman–Crippen LogP) is 1.64. The third-order valence-corrected chi connectivity index (χ3v) is 2.65. The molecular weight excluding hydrogens is 188 g/mol. The van der Waals surface area contributed by atoms with Gasteiger partial charge in [-0.25, -0.2) is 4.79 Å². The Kier molecular flexibility index (Phi) is 2.54. The first-order chi connectivity index (χ1) is 6.36. The highest BCUT2D eigenvalue weighted by molar-refractivity contribution is 7.03. The smallest absolute Gasteiger partial charge is 0.360 e. The Morgan fingerprint density at radius 1 is 1.54 bits per heavy atom. The van der Waals surface area contributed by atoms with Gasteiger partial charge in [0.05, 0.1) is 0 Å². The first-order valence-electron chi connectivity index (χ1n) is 4.34. The van der Waals surface area contributed by atoms with E-state index in [9.17, 15) is 4.79 Å². The summed E-state index contributed by atoms with van der Waals surface area (Å²) in [7, 11) is 0. The Morgan fingerprint density at radius 2 is 2.31 bits per heavy atom. The summed E-state index contributed by atoms with van der Waals surface area (Å²) in [5.74, 6) is -0.333. The molecule has 0 radical (unpaired) electrons. The van der Waals surface area contributed by atoms with Gasteiger partial charge in [-0.1, -0.05) is 4.49 Å². The van der Waals surface area contributed by atoms with E-state index in [-0.39, 0.29) is 12.1 Å². The lowest BCUT2D eigenvalue weighted by molar-refractivity contribution is 0.0311. The summed E-state index contributed by atoms with van der Waals surface area (Å²) in [5, 5.41) is 5.26. The SMILES string of the molecule is O=C(OC1CCCC1)c1csnn1. The molecule has 0 spiro atoms. The van der Waals surface area contributed by atoms with Crippen LogP contribution in [0.3, 0.4) is 0 Å². The number of hydrogen-bond acceptors (Lipinski definition) is 5. The molecule has 13 heavy (non-hydrogen) atoms. The maximum absolute atomic E-state index is 11.3. The molecule has 0 atom stereocenters. The normalized spacial score (nSPS) is 17.5. The molecule has 1 aliphatic carbocycles. The molecule has 70 valence electrons. The summed E-state index contributed by atoms with van der Waals surface area (Å²) in [6.45, 7) is 0. The number of hydrogen-bond donors (Lipinski definition) is 0. The quantitative estimate of drug-likeness (QED) is 0.678. The fourth-order valence-electron chi connectivity index (χ4n) is 1.47. The van der Waals surface area contributed by atoms with Crippen molar-refractivity contribution in [3.8, 4) is 0 Å². The van der Waals surface area contributed by atoms with Crippen LogP contribution in [0.2, 0.25) is 0 Å². The van der Waals surface area contributed by atoms with Crippen molar-refractivity contribution in [3.63, 3.8) is 0 Å². The number of carbonyl (C=O) groups excluding carboxylic acids is 1. The molecule has 1 aromatic rings. The second-order valence-electron chi connectivity index (χ2n) is 3.10. The molecule has 0 bridgehead atoms. The van der Waals surface area contributed by atoms with Gasteiger partial charge in [0.1, 0.15) is 6.10 Å². The number of carbonyl (C=O) groups is 1. The Hall–Kier alpha value is -0.970. The Balaban J connectivity index is 1.91. The fraction of sp³-hybridized carbons (Fsp3) is 0.625.